The third-order valence-electron chi connectivity index (χ3n) is 27.0. The Hall–Kier alpha value is 5.77. The van der Waals surface area contributed by atoms with Crippen molar-refractivity contribution < 1.29 is 394 Å². The van der Waals surface area contributed by atoms with E-state index in [1.807, 2.05) is 6.92 Å². The second-order valence-corrected chi connectivity index (χ2v) is 33.1. The fourth-order valence-corrected chi connectivity index (χ4v) is 20.8. The Morgan fingerprint density at radius 3 is 1.05 bits per heavy atom. The molecule has 29 atom stereocenters. The van der Waals surface area contributed by atoms with Crippen LogP contribution in [0.1, 0.15) is 149 Å². The minimum atomic E-state index is -1.95. The number of carbonyl (C=O) groups is 4. The van der Waals surface area contributed by atoms with Crippen LogP contribution in [-0.4, -0.2) is 262 Å². The van der Waals surface area contributed by atoms with Crippen molar-refractivity contribution in [1.82, 2.24) is 0 Å². The number of carbonyl (C=O) groups excluding carboxylic acids is 4. The topological polar surface area (TPSA) is 447 Å². The standard InChI is InChI=1S/C23H36O8.C22H34O9.C22H32O9.CH2Cl2.6Ac/c1-10-7-14-22(28,9-30-14)17-19(31-12(3)24)23(29)8-13(25)11(2)15(20(23,4)5)16(26)18(27)21(10,17)6;2*1-9-11(24)7-22(29)18(31-10(2)23)16-20(5,12(25)6-13-21(16,28)8-30-13)17(27)15(26)14(9)19(22,3)4;2-1-3;;;;;;/h10,13-14,16-19,25-29H,7-9H2,1-6H3;11-13,15-18,24-29H,6-8H2,1-5H3;11-13,15-16,18,24-26,28-29H,6-8H2,1-5H3;1H2;;;;;;/t10-,13-,14+,16+,17?,18+,19-,21+,22-,23+;11-,12-,13+,15+,16?,17+,18-,20+,21-,22+;11-,12-,13+,15+,16?,18-,20+,21-,22+;;;;;;;/m000......./s1. The van der Waals surface area contributed by atoms with E-state index in [1.54, 1.807) is 69.2 Å². The maximum Gasteiger partial charge on any atom is 0.303 e. The van der Waals surface area contributed by atoms with Crippen LogP contribution in [0.4, 0.5) is 0 Å². The normalized spacial score (nSPS) is 48.2. The molecule has 0 aromatic heterocycles. The molecule has 26 nitrogen and oxygen atoms in total. The number of hydrogen-bond acceptors (Lipinski definition) is 26. The third-order valence-corrected chi connectivity index (χ3v) is 27.0. The van der Waals surface area contributed by atoms with Crippen LogP contribution >= 0.6 is 23.2 Å². The molecule has 9 aliphatic carbocycles. The van der Waals surface area contributed by atoms with Gasteiger partial charge in [-0.15, -0.1) is 23.2 Å². The summed E-state index contributed by atoms with van der Waals surface area (Å²) in [7, 11) is 0. The quantitative estimate of drug-likeness (QED) is 0.0761. The van der Waals surface area contributed by atoms with Crippen LogP contribution in [0.15, 0.2) is 33.4 Å². The SMILES string of the molecule is CC(=O)O[C@H]1C2[C@](C)([C@H](O)[C@H](O)C3=C(C)[C@@H](O)C[C@]1(O)C3(C)C)[C@@H](C)C[C@H]1OC[C@@]21O.CC(=O)O[C@H]1C2[C@](C)([C@H](O)[C@H](O)C3=C(C)[C@@H](O)C[C@]1(O)C3(C)C)[C@@H](O)C[C@H]1OC[C@@]21O.CC(=O)O[C@H]1C2[C@]3(O)CO[C@@H]3C[C@H](O)[C@@]2(C)C(=O)[C@H](O)C2=C(C)[C@@H](O)C[C@]1(O)C2(C)C.ClCCl.[Ac].[Ac].[Ac].[Ac].[Ac].[Ac]. The first-order chi connectivity index (χ1) is 43.8. The summed E-state index contributed by atoms with van der Waals surface area (Å²) in [6.07, 6.45) is -19.9. The number of aliphatic hydroxyl groups is 16. The van der Waals surface area contributed by atoms with Gasteiger partial charge >= 0.3 is 17.9 Å². The van der Waals surface area contributed by atoms with E-state index in [9.17, 15) is 101 Å². The van der Waals surface area contributed by atoms with Crippen LogP contribution < -0.4 is 0 Å². The minimum Gasteiger partial charge on any atom is -0.459 e. The summed E-state index contributed by atoms with van der Waals surface area (Å²) >= 11 is 9.53. The Bertz CT molecular complexity index is 3090. The molecule has 3 heterocycles. The first-order valence-corrected chi connectivity index (χ1v) is 34.2. The molecule has 0 amide bonds. The number of alkyl halides is 2. The molecule has 12 rings (SSSR count). The first kappa shape index (κ1) is 102. The van der Waals surface area contributed by atoms with Crippen molar-refractivity contribution in [2.45, 2.75) is 281 Å². The molecule has 12 aliphatic rings. The van der Waals surface area contributed by atoms with Crippen LogP contribution in [0.3, 0.4) is 0 Å². The summed E-state index contributed by atoms with van der Waals surface area (Å²) in [5, 5.41) is 183. The van der Waals surface area contributed by atoms with Crippen LogP contribution in [0.5, 0.6) is 0 Å². The average molecular weight is 2770 g/mol. The van der Waals surface area contributed by atoms with Crippen molar-refractivity contribution in [3.05, 3.63) is 33.4 Å². The van der Waals surface area contributed by atoms with Gasteiger partial charge < -0.3 is 110 Å². The summed E-state index contributed by atoms with van der Waals surface area (Å²) in [5.41, 5.74) is -16.5. The van der Waals surface area contributed by atoms with E-state index in [0.29, 0.717) is 28.7 Å². The molecule has 6 radical (unpaired) electrons. The van der Waals surface area contributed by atoms with Gasteiger partial charge in [0.15, 0.2) is 5.78 Å². The van der Waals surface area contributed by atoms with E-state index < -0.39 is 205 Å². The van der Waals surface area contributed by atoms with E-state index in [2.05, 4.69) is 0 Å². The number of ketones is 1. The number of hydrogen-bond donors (Lipinski definition) is 16. The molecule has 0 spiro atoms. The molecule has 34 heteroatoms. The molecule has 564 valence electrons. The fraction of sp³-hybridized carbons (Fsp3) is 0.853. The van der Waals surface area contributed by atoms with Gasteiger partial charge in [0, 0.05) is 362 Å². The maximum absolute atomic E-state index is 13.8. The van der Waals surface area contributed by atoms with Crippen molar-refractivity contribution in [2.75, 3.05) is 25.2 Å². The van der Waals surface area contributed by atoms with Gasteiger partial charge in [-0.1, -0.05) is 62.3 Å². The van der Waals surface area contributed by atoms with Crippen molar-refractivity contribution in [1.29, 1.82) is 0 Å². The number of aliphatic hydroxyl groups excluding tert-OH is 10. The van der Waals surface area contributed by atoms with Crippen molar-refractivity contribution in [3.8, 4) is 0 Å². The molecule has 9 fully saturated rings. The summed E-state index contributed by atoms with van der Waals surface area (Å²) in [6.45, 7) is 24.8. The van der Waals surface area contributed by atoms with Gasteiger partial charge in [0.25, 0.3) is 0 Å². The van der Waals surface area contributed by atoms with Gasteiger partial charge in [-0.2, -0.15) is 0 Å². The minimum absolute atomic E-state index is 0. The molecule has 6 saturated carbocycles. The molecule has 102 heavy (non-hydrogen) atoms. The van der Waals surface area contributed by atoms with Gasteiger partial charge in [-0.3, -0.25) is 19.2 Å². The Kier molecular flexibility index (Phi) is 35.4. The summed E-state index contributed by atoms with van der Waals surface area (Å²) in [5.74, 6) is -6.43. The Morgan fingerprint density at radius 1 is 0.451 bits per heavy atom. The largest absolute Gasteiger partial charge is 0.459 e. The number of halogens is 2. The van der Waals surface area contributed by atoms with Crippen molar-refractivity contribution >= 4 is 46.9 Å². The summed E-state index contributed by atoms with van der Waals surface area (Å²) in [6, 6.07) is 0. The molecule has 3 unspecified atom stereocenters. The van der Waals surface area contributed by atoms with E-state index in [0.717, 1.165) is 6.92 Å². The maximum atomic E-state index is 13.8. The zero-order valence-electron chi connectivity index (χ0n) is 61.1. The van der Waals surface area contributed by atoms with Crippen LogP contribution in [0.2, 0.25) is 0 Å². The molecular formula is C68H104Ac6Cl2O26. The number of esters is 3. The van der Waals surface area contributed by atoms with Crippen molar-refractivity contribution in [3.63, 3.8) is 0 Å². The molecular weight excluding hydrogens is 2670 g/mol. The molecule has 0 aromatic rings. The number of fused-ring (bicyclic) bond motifs is 15. The van der Waals surface area contributed by atoms with Gasteiger partial charge in [0.2, 0.25) is 0 Å². The van der Waals surface area contributed by atoms with E-state index in [4.69, 9.17) is 51.6 Å². The summed E-state index contributed by atoms with van der Waals surface area (Å²) in [4.78, 5) is 50.4. The third kappa shape index (κ3) is 15.3. The van der Waals surface area contributed by atoms with E-state index in [1.165, 1.54) is 27.7 Å². The molecule has 3 saturated heterocycles. The number of Topliss-reactive ketones (excluding diaryl/α,β-unsaturated/α-hetero) is 1. The summed E-state index contributed by atoms with van der Waals surface area (Å²) < 4.78 is 33.7. The second kappa shape index (κ2) is 35.4. The van der Waals surface area contributed by atoms with Crippen LogP contribution in [0, 0.1) is 321 Å². The van der Waals surface area contributed by atoms with Gasteiger partial charge in [-0.25, -0.2) is 0 Å². The Balaban J connectivity index is 0.000000379. The predicted molar refractivity (Wildman–Crippen MR) is 338 cm³/mol. The van der Waals surface area contributed by atoms with Gasteiger partial charge in [0.05, 0.1) is 91.6 Å². The first-order valence-electron chi connectivity index (χ1n) is 33.1. The Labute approximate surface area is 821 Å². The fourth-order valence-electron chi connectivity index (χ4n) is 20.8. The number of rotatable bonds is 3. The van der Waals surface area contributed by atoms with Crippen LogP contribution in [0.25, 0.3) is 0 Å². The molecule has 0 aromatic carbocycles. The predicted octanol–water partition coefficient (Wildman–Crippen LogP) is -0.0684. The van der Waals surface area contributed by atoms with Gasteiger partial charge in [-0.05, 0) is 73.5 Å². The van der Waals surface area contributed by atoms with Gasteiger partial charge in [0.1, 0.15) is 70.2 Å². The Morgan fingerprint density at radius 2 is 0.725 bits per heavy atom. The molecule has 6 bridgehead atoms. The van der Waals surface area contributed by atoms with Crippen molar-refractivity contribution in [2.24, 2.45) is 56.2 Å². The van der Waals surface area contributed by atoms with E-state index in [-0.39, 0.29) is 339 Å². The second-order valence-electron chi connectivity index (χ2n) is 32.3. The zero-order valence-corrected chi connectivity index (χ0v) is 91.1. The van der Waals surface area contributed by atoms with Crippen LogP contribution in [-0.2, 0) is 47.6 Å². The monoisotopic (exact) mass is 2770 g/mol. The average Bonchev–Trinajstić information content (AvgIpc) is 0.686. The van der Waals surface area contributed by atoms with E-state index >= 15 is 0 Å². The smallest absolute Gasteiger partial charge is 0.303 e. The molecule has 3 aliphatic heterocycles. The number of ether oxygens (including phenoxy) is 6. The molecule has 16 N–H and O–H groups in total. The zero-order chi connectivity index (χ0) is 72.6.